The van der Waals surface area contributed by atoms with Crippen molar-refractivity contribution in [3.8, 4) is 17.2 Å². The van der Waals surface area contributed by atoms with E-state index in [1.807, 2.05) is 18.2 Å². The van der Waals surface area contributed by atoms with E-state index in [4.69, 9.17) is 14.2 Å². The van der Waals surface area contributed by atoms with Gasteiger partial charge in [0.15, 0.2) is 23.0 Å². The maximum atomic E-state index is 12.3. The highest BCUT2D eigenvalue weighted by atomic mass is 16.7. The number of fused-ring (bicyclic) bond motifs is 1. The fraction of sp³-hybridized carbons (Fsp3) is 0.105. The average molecular weight is 364 g/mol. The summed E-state index contributed by atoms with van der Waals surface area (Å²) in [6.07, 6.45) is 0. The van der Waals surface area contributed by atoms with Gasteiger partial charge in [-0.3, -0.25) is 4.79 Å². The van der Waals surface area contributed by atoms with Crippen molar-refractivity contribution in [3.05, 3.63) is 60.3 Å². The number of hydrogen-bond donors (Lipinski definition) is 2. The molecule has 0 aliphatic carbocycles. The van der Waals surface area contributed by atoms with Crippen LogP contribution in [-0.2, 0) is 0 Å². The van der Waals surface area contributed by atoms with E-state index >= 15 is 0 Å². The van der Waals surface area contributed by atoms with Gasteiger partial charge in [-0.1, -0.05) is 6.07 Å². The molecule has 1 aliphatic heterocycles. The molecule has 0 saturated carbocycles. The first-order valence-corrected chi connectivity index (χ1v) is 8.17. The minimum absolute atomic E-state index is 0.203. The Morgan fingerprint density at radius 3 is 2.70 bits per heavy atom. The Balaban J connectivity index is 1.43. The molecule has 27 heavy (non-hydrogen) atoms. The minimum Gasteiger partial charge on any atom is -0.497 e. The second-order valence-electron chi connectivity index (χ2n) is 5.68. The van der Waals surface area contributed by atoms with Crippen molar-refractivity contribution in [3.63, 3.8) is 0 Å². The third kappa shape index (κ3) is 3.74. The quantitative estimate of drug-likeness (QED) is 0.718. The number of amides is 1. The lowest BCUT2D eigenvalue weighted by molar-refractivity contribution is 0.102. The molecule has 4 rings (SSSR count). The lowest BCUT2D eigenvalue weighted by Gasteiger charge is -2.08. The smallest absolute Gasteiger partial charge is 0.276 e. The molecular weight excluding hydrogens is 348 g/mol. The molecule has 0 atom stereocenters. The Morgan fingerprint density at radius 1 is 1.00 bits per heavy atom. The number of hydrogen-bond acceptors (Lipinski definition) is 7. The van der Waals surface area contributed by atoms with E-state index in [0.717, 1.165) is 5.69 Å². The first kappa shape index (κ1) is 16.6. The van der Waals surface area contributed by atoms with E-state index in [-0.39, 0.29) is 18.4 Å². The zero-order valence-electron chi connectivity index (χ0n) is 14.4. The predicted molar refractivity (Wildman–Crippen MR) is 98.8 cm³/mol. The minimum atomic E-state index is -0.356. The fourth-order valence-electron chi connectivity index (χ4n) is 2.54. The van der Waals surface area contributed by atoms with Crippen LogP contribution in [0.2, 0.25) is 0 Å². The molecule has 2 N–H and O–H groups in total. The molecule has 0 spiro atoms. The van der Waals surface area contributed by atoms with E-state index in [2.05, 4.69) is 20.8 Å². The van der Waals surface area contributed by atoms with Gasteiger partial charge < -0.3 is 24.8 Å². The molecule has 1 amide bonds. The summed E-state index contributed by atoms with van der Waals surface area (Å²) in [5, 5.41) is 13.9. The largest absolute Gasteiger partial charge is 0.497 e. The van der Waals surface area contributed by atoms with Gasteiger partial charge in [0.05, 0.1) is 7.11 Å². The van der Waals surface area contributed by atoms with Crippen LogP contribution in [0.4, 0.5) is 17.2 Å². The Bertz CT molecular complexity index is 976. The predicted octanol–water partition coefficient (Wildman–Crippen LogP) is 3.21. The molecule has 2 heterocycles. The lowest BCUT2D eigenvalue weighted by Crippen LogP contribution is -2.14. The second-order valence-corrected chi connectivity index (χ2v) is 5.68. The van der Waals surface area contributed by atoms with Gasteiger partial charge >= 0.3 is 0 Å². The van der Waals surface area contributed by atoms with Crippen LogP contribution in [0.15, 0.2) is 54.6 Å². The number of methoxy groups -OCH3 is 1. The van der Waals surface area contributed by atoms with Crippen molar-refractivity contribution >= 4 is 23.1 Å². The molecule has 136 valence electrons. The van der Waals surface area contributed by atoms with Gasteiger partial charge in [-0.2, -0.15) is 0 Å². The zero-order valence-corrected chi connectivity index (χ0v) is 14.4. The Morgan fingerprint density at radius 2 is 1.89 bits per heavy atom. The van der Waals surface area contributed by atoms with Crippen LogP contribution in [0.3, 0.4) is 0 Å². The topological polar surface area (TPSA) is 94.6 Å². The summed E-state index contributed by atoms with van der Waals surface area (Å²) in [6, 6.07) is 15.8. The molecule has 8 heteroatoms. The van der Waals surface area contributed by atoms with Crippen molar-refractivity contribution in [2.45, 2.75) is 0 Å². The third-order valence-electron chi connectivity index (χ3n) is 3.87. The molecule has 1 aliphatic rings. The van der Waals surface area contributed by atoms with E-state index in [1.54, 1.807) is 43.5 Å². The van der Waals surface area contributed by atoms with Crippen molar-refractivity contribution in [2.75, 3.05) is 24.5 Å². The average Bonchev–Trinajstić information content (AvgIpc) is 3.16. The van der Waals surface area contributed by atoms with Gasteiger partial charge in [-0.25, -0.2) is 0 Å². The van der Waals surface area contributed by atoms with Crippen LogP contribution in [0.1, 0.15) is 10.5 Å². The van der Waals surface area contributed by atoms with Crippen LogP contribution in [0.5, 0.6) is 17.2 Å². The molecular formula is C19H16N4O4. The Labute approximate surface area is 155 Å². The molecule has 8 nitrogen and oxygen atoms in total. The molecule has 3 aromatic rings. The molecule has 0 radical (unpaired) electrons. The second kappa shape index (κ2) is 7.20. The number of rotatable bonds is 5. The zero-order chi connectivity index (χ0) is 18.6. The number of ether oxygens (including phenoxy) is 3. The van der Waals surface area contributed by atoms with Gasteiger partial charge in [0.25, 0.3) is 5.91 Å². The maximum Gasteiger partial charge on any atom is 0.276 e. The van der Waals surface area contributed by atoms with Gasteiger partial charge in [0.1, 0.15) is 5.75 Å². The summed E-state index contributed by atoms with van der Waals surface area (Å²) >= 11 is 0. The summed E-state index contributed by atoms with van der Waals surface area (Å²) < 4.78 is 15.8. The van der Waals surface area contributed by atoms with Crippen LogP contribution >= 0.6 is 0 Å². The highest BCUT2D eigenvalue weighted by Gasteiger charge is 2.14. The number of benzene rings is 2. The van der Waals surface area contributed by atoms with E-state index in [0.29, 0.717) is 28.8 Å². The lowest BCUT2D eigenvalue weighted by atomic mass is 10.2. The van der Waals surface area contributed by atoms with Crippen LogP contribution in [-0.4, -0.2) is 30.0 Å². The monoisotopic (exact) mass is 364 g/mol. The first-order valence-electron chi connectivity index (χ1n) is 8.17. The third-order valence-corrected chi connectivity index (χ3v) is 3.87. The number of aromatic nitrogens is 2. The SMILES string of the molecule is COc1cccc(NC(=O)c2ccc(Nc3ccc4c(c3)OCO4)nn2)c1. The van der Waals surface area contributed by atoms with Gasteiger partial charge in [-0.15, -0.1) is 10.2 Å². The number of nitrogens with zero attached hydrogens (tertiary/aromatic N) is 2. The highest BCUT2D eigenvalue weighted by Crippen LogP contribution is 2.34. The molecule has 2 aromatic carbocycles. The van der Waals surface area contributed by atoms with Crippen LogP contribution in [0, 0.1) is 0 Å². The van der Waals surface area contributed by atoms with Crippen LogP contribution in [0.25, 0.3) is 0 Å². The van der Waals surface area contributed by atoms with Crippen molar-refractivity contribution in [1.29, 1.82) is 0 Å². The highest BCUT2D eigenvalue weighted by molar-refractivity contribution is 6.02. The van der Waals surface area contributed by atoms with Crippen LogP contribution < -0.4 is 24.8 Å². The van der Waals surface area contributed by atoms with E-state index in [1.165, 1.54) is 0 Å². The van der Waals surface area contributed by atoms with Gasteiger partial charge in [0.2, 0.25) is 6.79 Å². The molecule has 0 unspecified atom stereocenters. The summed E-state index contributed by atoms with van der Waals surface area (Å²) in [4.78, 5) is 12.3. The maximum absolute atomic E-state index is 12.3. The fourth-order valence-corrected chi connectivity index (χ4v) is 2.54. The summed E-state index contributed by atoms with van der Waals surface area (Å²) in [7, 11) is 1.57. The first-order chi connectivity index (χ1) is 13.2. The molecule has 0 bridgehead atoms. The Hall–Kier alpha value is -3.81. The van der Waals surface area contributed by atoms with E-state index in [9.17, 15) is 4.79 Å². The standard InChI is InChI=1S/C19H16N4O4/c1-25-14-4-2-3-12(9-14)21-19(24)15-6-8-18(23-22-15)20-13-5-7-16-17(10-13)27-11-26-16/h2-10H,11H2,1H3,(H,20,23)(H,21,24). The summed E-state index contributed by atoms with van der Waals surface area (Å²) in [5.74, 6) is 2.18. The van der Waals surface area contributed by atoms with E-state index < -0.39 is 0 Å². The number of carbonyl (C=O) groups is 1. The normalized spacial score (nSPS) is 11.7. The Kier molecular flexibility index (Phi) is 4.44. The van der Waals surface area contributed by atoms with Crippen molar-refractivity contribution in [2.24, 2.45) is 0 Å². The van der Waals surface area contributed by atoms with Gasteiger partial charge in [-0.05, 0) is 36.4 Å². The molecule has 1 aromatic heterocycles. The summed E-state index contributed by atoms with van der Waals surface area (Å²) in [5.41, 5.74) is 1.60. The van der Waals surface area contributed by atoms with Crippen molar-refractivity contribution in [1.82, 2.24) is 10.2 Å². The van der Waals surface area contributed by atoms with Crippen molar-refractivity contribution < 1.29 is 19.0 Å². The number of carbonyl (C=O) groups excluding carboxylic acids is 1. The summed E-state index contributed by atoms with van der Waals surface area (Å²) in [6.45, 7) is 0.218. The number of anilines is 3. The number of nitrogens with one attached hydrogen (secondary N) is 2. The molecule has 0 fully saturated rings. The van der Waals surface area contributed by atoms with Gasteiger partial charge in [0, 0.05) is 23.5 Å². The molecule has 0 saturated heterocycles.